The van der Waals surface area contributed by atoms with Crippen LogP contribution in [0.3, 0.4) is 0 Å². The Kier molecular flexibility index (Phi) is 3.20. The lowest BCUT2D eigenvalue weighted by Gasteiger charge is -2.28. The van der Waals surface area contributed by atoms with Crippen molar-refractivity contribution in [3.63, 3.8) is 0 Å². The van der Waals surface area contributed by atoms with Gasteiger partial charge in [0.15, 0.2) is 0 Å². The Morgan fingerprint density at radius 2 is 2.20 bits per heavy atom. The fourth-order valence-corrected chi connectivity index (χ4v) is 1.82. The molecule has 1 saturated heterocycles. The van der Waals surface area contributed by atoms with E-state index in [-0.39, 0.29) is 0 Å². The molecule has 2 atom stereocenters. The molecule has 0 aliphatic carbocycles. The summed E-state index contributed by atoms with van der Waals surface area (Å²) < 4.78 is 0. The van der Waals surface area contributed by atoms with Crippen molar-refractivity contribution < 1.29 is 0 Å². The van der Waals surface area contributed by atoms with E-state index in [1.54, 1.807) is 0 Å². The highest BCUT2D eigenvalue weighted by Crippen LogP contribution is 2.15. The van der Waals surface area contributed by atoms with Gasteiger partial charge in [0.25, 0.3) is 0 Å². The maximum absolute atomic E-state index is 3.62. The van der Waals surface area contributed by atoms with Gasteiger partial charge in [-0.05, 0) is 26.2 Å². The minimum absolute atomic E-state index is 0.769. The average molecular weight is 141 g/mol. The minimum atomic E-state index is 0.769. The summed E-state index contributed by atoms with van der Waals surface area (Å²) in [7, 11) is 0. The zero-order chi connectivity index (χ0) is 7.40. The molecule has 0 aromatic heterocycles. The first-order chi connectivity index (χ1) is 4.83. The Hall–Kier alpha value is -0.0400. The predicted molar refractivity (Wildman–Crippen MR) is 45.1 cm³/mol. The van der Waals surface area contributed by atoms with Crippen molar-refractivity contribution >= 4 is 0 Å². The number of hydrogen-bond acceptors (Lipinski definition) is 1. The first kappa shape index (κ1) is 8.06. The molecule has 0 unspecified atom stereocenters. The molecule has 60 valence electrons. The number of piperidine rings is 1. The summed E-state index contributed by atoms with van der Waals surface area (Å²) in [5.41, 5.74) is 0. The second-order valence-corrected chi connectivity index (χ2v) is 3.48. The molecule has 0 amide bonds. The molecule has 1 rings (SSSR count). The molecular formula is C9H19N. The van der Waals surface area contributed by atoms with E-state index >= 15 is 0 Å². The summed E-state index contributed by atoms with van der Waals surface area (Å²) in [6, 6.07) is 1.60. The molecule has 1 fully saturated rings. The van der Waals surface area contributed by atoms with E-state index in [2.05, 4.69) is 19.2 Å². The first-order valence-corrected chi connectivity index (χ1v) is 4.59. The van der Waals surface area contributed by atoms with Crippen LogP contribution in [0.4, 0.5) is 0 Å². The number of rotatable bonds is 2. The molecule has 0 bridgehead atoms. The molecule has 1 aliphatic heterocycles. The SMILES string of the molecule is CCC[C@H]1CCC[C@H](C)N1. The van der Waals surface area contributed by atoms with Crippen molar-refractivity contribution in [1.82, 2.24) is 5.32 Å². The maximum Gasteiger partial charge on any atom is 0.00694 e. The predicted octanol–water partition coefficient (Wildman–Crippen LogP) is 2.32. The molecule has 0 radical (unpaired) electrons. The largest absolute Gasteiger partial charge is 0.312 e. The summed E-state index contributed by atoms with van der Waals surface area (Å²) >= 11 is 0. The van der Waals surface area contributed by atoms with E-state index in [4.69, 9.17) is 0 Å². The van der Waals surface area contributed by atoms with E-state index < -0.39 is 0 Å². The van der Waals surface area contributed by atoms with Crippen LogP contribution in [0.2, 0.25) is 0 Å². The van der Waals surface area contributed by atoms with E-state index in [0.29, 0.717) is 0 Å². The fourth-order valence-electron chi connectivity index (χ4n) is 1.82. The van der Waals surface area contributed by atoms with Crippen LogP contribution in [0.5, 0.6) is 0 Å². The summed E-state index contributed by atoms with van der Waals surface area (Å²) in [6.45, 7) is 4.56. The van der Waals surface area contributed by atoms with Crippen LogP contribution in [0.1, 0.15) is 46.0 Å². The van der Waals surface area contributed by atoms with Crippen LogP contribution in [-0.4, -0.2) is 12.1 Å². The fraction of sp³-hybridized carbons (Fsp3) is 1.00. The highest BCUT2D eigenvalue weighted by atomic mass is 15.0. The Morgan fingerprint density at radius 3 is 2.80 bits per heavy atom. The third-order valence-electron chi connectivity index (χ3n) is 2.35. The number of hydrogen-bond donors (Lipinski definition) is 1. The maximum atomic E-state index is 3.62. The van der Waals surface area contributed by atoms with Crippen molar-refractivity contribution in [3.8, 4) is 0 Å². The molecule has 1 N–H and O–H groups in total. The lowest BCUT2D eigenvalue weighted by atomic mass is 9.97. The van der Waals surface area contributed by atoms with Gasteiger partial charge in [0.1, 0.15) is 0 Å². The van der Waals surface area contributed by atoms with E-state index in [1.807, 2.05) is 0 Å². The van der Waals surface area contributed by atoms with Crippen LogP contribution in [0.15, 0.2) is 0 Å². The first-order valence-electron chi connectivity index (χ1n) is 4.59. The summed E-state index contributed by atoms with van der Waals surface area (Å²) in [6.07, 6.45) is 6.89. The minimum Gasteiger partial charge on any atom is -0.312 e. The molecular weight excluding hydrogens is 122 g/mol. The van der Waals surface area contributed by atoms with Crippen LogP contribution in [0, 0.1) is 0 Å². The lowest BCUT2D eigenvalue weighted by molar-refractivity contribution is 0.320. The quantitative estimate of drug-likeness (QED) is 0.622. The van der Waals surface area contributed by atoms with Crippen LogP contribution < -0.4 is 5.32 Å². The van der Waals surface area contributed by atoms with E-state index in [0.717, 1.165) is 12.1 Å². The standard InChI is InChI=1S/C9H19N/c1-3-5-9-7-4-6-8(2)10-9/h8-10H,3-7H2,1-2H3/t8-,9-/m0/s1. The van der Waals surface area contributed by atoms with Crippen LogP contribution in [0.25, 0.3) is 0 Å². The molecule has 0 saturated carbocycles. The van der Waals surface area contributed by atoms with Crippen molar-refractivity contribution in [2.45, 2.75) is 58.0 Å². The molecule has 1 heteroatoms. The Morgan fingerprint density at radius 1 is 1.40 bits per heavy atom. The summed E-state index contributed by atoms with van der Waals surface area (Å²) in [4.78, 5) is 0. The topological polar surface area (TPSA) is 12.0 Å². The Labute approximate surface area is 64.2 Å². The molecule has 0 spiro atoms. The molecule has 1 nitrogen and oxygen atoms in total. The van der Waals surface area contributed by atoms with Gasteiger partial charge < -0.3 is 5.32 Å². The Bertz CT molecular complexity index is 88.7. The van der Waals surface area contributed by atoms with E-state index in [9.17, 15) is 0 Å². The van der Waals surface area contributed by atoms with Crippen molar-refractivity contribution in [1.29, 1.82) is 0 Å². The third kappa shape index (κ3) is 2.30. The normalized spacial score (nSPS) is 34.2. The zero-order valence-electron chi connectivity index (χ0n) is 7.19. The zero-order valence-corrected chi connectivity index (χ0v) is 7.19. The third-order valence-corrected chi connectivity index (χ3v) is 2.35. The molecule has 0 aromatic rings. The Balaban J connectivity index is 2.18. The van der Waals surface area contributed by atoms with Gasteiger partial charge in [-0.1, -0.05) is 19.8 Å². The van der Waals surface area contributed by atoms with Gasteiger partial charge in [-0.3, -0.25) is 0 Å². The van der Waals surface area contributed by atoms with Crippen molar-refractivity contribution in [2.24, 2.45) is 0 Å². The molecule has 0 aromatic carbocycles. The number of nitrogens with one attached hydrogen (secondary N) is 1. The van der Waals surface area contributed by atoms with E-state index in [1.165, 1.54) is 32.1 Å². The van der Waals surface area contributed by atoms with Gasteiger partial charge in [0.2, 0.25) is 0 Å². The van der Waals surface area contributed by atoms with Gasteiger partial charge in [0.05, 0.1) is 0 Å². The van der Waals surface area contributed by atoms with Gasteiger partial charge in [0, 0.05) is 12.1 Å². The smallest absolute Gasteiger partial charge is 0.00694 e. The monoisotopic (exact) mass is 141 g/mol. The van der Waals surface area contributed by atoms with Gasteiger partial charge >= 0.3 is 0 Å². The lowest BCUT2D eigenvalue weighted by Crippen LogP contribution is -2.40. The van der Waals surface area contributed by atoms with Gasteiger partial charge in [-0.25, -0.2) is 0 Å². The van der Waals surface area contributed by atoms with Gasteiger partial charge in [-0.2, -0.15) is 0 Å². The molecule has 10 heavy (non-hydrogen) atoms. The van der Waals surface area contributed by atoms with Crippen LogP contribution in [-0.2, 0) is 0 Å². The van der Waals surface area contributed by atoms with Crippen molar-refractivity contribution in [2.75, 3.05) is 0 Å². The van der Waals surface area contributed by atoms with Gasteiger partial charge in [-0.15, -0.1) is 0 Å². The second-order valence-electron chi connectivity index (χ2n) is 3.48. The molecule has 1 aliphatic rings. The average Bonchev–Trinajstić information content (AvgIpc) is 1.88. The van der Waals surface area contributed by atoms with Crippen molar-refractivity contribution in [3.05, 3.63) is 0 Å². The highest BCUT2D eigenvalue weighted by Gasteiger charge is 2.15. The van der Waals surface area contributed by atoms with Crippen LogP contribution >= 0.6 is 0 Å². The second kappa shape index (κ2) is 3.97. The summed E-state index contributed by atoms with van der Waals surface area (Å²) in [5.74, 6) is 0. The molecule has 1 heterocycles. The summed E-state index contributed by atoms with van der Waals surface area (Å²) in [5, 5.41) is 3.62. The highest BCUT2D eigenvalue weighted by molar-refractivity contribution is 4.76.